The highest BCUT2D eigenvalue weighted by Crippen LogP contribution is 2.48. The predicted molar refractivity (Wildman–Crippen MR) is 127 cm³/mol. The van der Waals surface area contributed by atoms with Gasteiger partial charge in [-0.2, -0.15) is 10.1 Å². The van der Waals surface area contributed by atoms with Crippen molar-refractivity contribution in [2.24, 2.45) is 0 Å². The maximum absolute atomic E-state index is 14.7. The van der Waals surface area contributed by atoms with Gasteiger partial charge in [-0.3, -0.25) is 13.9 Å². The monoisotopic (exact) mass is 514 g/mol. The summed E-state index contributed by atoms with van der Waals surface area (Å²) in [6, 6.07) is 8.76. The van der Waals surface area contributed by atoms with Crippen LogP contribution in [0.2, 0.25) is 0 Å². The molecule has 2 heterocycles. The maximum Gasteiger partial charge on any atom is 0.459 e. The van der Waals surface area contributed by atoms with Crippen LogP contribution in [-0.4, -0.2) is 45.7 Å². The first-order valence-corrected chi connectivity index (χ1v) is 13.2. The molecule has 1 fully saturated rings. The largest absolute Gasteiger partial charge is 0.462 e. The van der Waals surface area contributed by atoms with Crippen LogP contribution >= 0.6 is 19.5 Å². The lowest BCUT2D eigenvalue weighted by Crippen LogP contribution is -2.36. The van der Waals surface area contributed by atoms with E-state index in [0.29, 0.717) is 0 Å². The van der Waals surface area contributed by atoms with Crippen molar-refractivity contribution in [2.75, 3.05) is 12.3 Å². The van der Waals surface area contributed by atoms with Crippen molar-refractivity contribution >= 4 is 31.3 Å². The van der Waals surface area contributed by atoms with Gasteiger partial charge in [-0.15, -0.1) is 11.8 Å². The third-order valence-electron chi connectivity index (χ3n) is 4.71. The molecule has 2 aromatic rings. The zero-order valence-electron chi connectivity index (χ0n) is 19.0. The molecule has 1 aromatic heterocycles. The average Bonchev–Trinajstić information content (AvgIpc) is 3.13. The van der Waals surface area contributed by atoms with Crippen molar-refractivity contribution in [1.29, 1.82) is 0 Å². The first-order valence-electron chi connectivity index (χ1n) is 10.7. The van der Waals surface area contributed by atoms with E-state index < -0.39 is 42.2 Å². The molecule has 0 amide bonds. The van der Waals surface area contributed by atoms with Gasteiger partial charge in [0.25, 0.3) is 0 Å². The number of rotatable bonds is 10. The number of para-hydroxylation sites is 1. The molecule has 10 nitrogen and oxygen atoms in total. The van der Waals surface area contributed by atoms with Crippen molar-refractivity contribution in [2.45, 2.75) is 56.1 Å². The number of esters is 1. The van der Waals surface area contributed by atoms with E-state index in [4.69, 9.17) is 19.5 Å². The van der Waals surface area contributed by atoms with Crippen LogP contribution < -0.4 is 21.0 Å². The normalized spacial score (nSPS) is 22.8. The van der Waals surface area contributed by atoms with Crippen LogP contribution in [0.25, 0.3) is 0 Å². The number of ether oxygens (including phenoxy) is 1. The summed E-state index contributed by atoms with van der Waals surface area (Å²) in [4.78, 5) is 28.0. The van der Waals surface area contributed by atoms with E-state index in [1.807, 2.05) is 0 Å². The van der Waals surface area contributed by atoms with Crippen LogP contribution in [0.1, 0.15) is 32.6 Å². The number of hydrogen-bond acceptors (Lipinski definition) is 9. The Balaban J connectivity index is 1.70. The number of halogens is 1. The number of nitrogens with one attached hydrogen (secondary N) is 1. The minimum Gasteiger partial charge on any atom is -0.462 e. The average molecular weight is 515 g/mol. The summed E-state index contributed by atoms with van der Waals surface area (Å²) in [5.41, 5.74) is 4.85. The van der Waals surface area contributed by atoms with Gasteiger partial charge < -0.3 is 15.0 Å². The molecule has 3 N–H and O–H groups in total. The van der Waals surface area contributed by atoms with Crippen molar-refractivity contribution in [1.82, 2.24) is 14.6 Å². The van der Waals surface area contributed by atoms with E-state index in [1.54, 1.807) is 44.2 Å². The van der Waals surface area contributed by atoms with E-state index in [-0.39, 0.29) is 30.7 Å². The molecule has 0 radical (unpaired) electrons. The Labute approximate surface area is 201 Å². The van der Waals surface area contributed by atoms with E-state index in [1.165, 1.54) is 23.8 Å². The summed E-state index contributed by atoms with van der Waals surface area (Å²) < 4.78 is 45.8. The number of nitrogen functional groups attached to an aromatic ring is 1. The highest BCUT2D eigenvalue weighted by molar-refractivity contribution is 8.00. The van der Waals surface area contributed by atoms with Crippen LogP contribution in [0.4, 0.5) is 10.2 Å². The number of carbonyl (C=O) groups is 1. The number of carbonyl (C=O) groups excluding carboxylic acids is 1. The zero-order chi connectivity index (χ0) is 24.9. The van der Waals surface area contributed by atoms with Crippen LogP contribution in [-0.2, 0) is 18.6 Å². The zero-order valence-corrected chi connectivity index (χ0v) is 20.7. The molecule has 1 aromatic carbocycles. The van der Waals surface area contributed by atoms with Crippen molar-refractivity contribution in [3.05, 3.63) is 53.1 Å². The minimum absolute atomic E-state index is 0.0507. The third-order valence-corrected chi connectivity index (χ3v) is 7.87. The Morgan fingerprint density at radius 1 is 1.32 bits per heavy atom. The van der Waals surface area contributed by atoms with Crippen LogP contribution in [0.15, 0.2) is 47.4 Å². The number of aromatic nitrogens is 2. The fourth-order valence-electron chi connectivity index (χ4n) is 3.19. The van der Waals surface area contributed by atoms with Gasteiger partial charge in [-0.25, -0.2) is 13.8 Å². The van der Waals surface area contributed by atoms with E-state index in [9.17, 15) is 18.5 Å². The quantitative estimate of drug-likeness (QED) is 0.359. The second kappa shape index (κ2) is 11.4. The summed E-state index contributed by atoms with van der Waals surface area (Å²) in [6.45, 7) is 4.73. The van der Waals surface area contributed by atoms with Gasteiger partial charge in [0.2, 0.25) is 0 Å². The van der Waals surface area contributed by atoms with Gasteiger partial charge in [0.1, 0.15) is 29.2 Å². The van der Waals surface area contributed by atoms with Crippen LogP contribution in [0.5, 0.6) is 5.75 Å². The second-order valence-electron chi connectivity index (χ2n) is 7.98. The van der Waals surface area contributed by atoms with Crippen molar-refractivity contribution < 1.29 is 27.5 Å². The standard InChI is InChI=1S/C21H28FN4O6PS/c1-13(2)31-20(27)14(3)25-33(29,32-15-7-5-4-6-8-15)30-12-16-11-17(22)19(34-16)26-10-9-18(23)24-21(26)28/h4-10,13-14,16-17,19H,11-12H2,1-3H3,(H,25,29)(H2,23,24,28)/t14-,16-,17-,19+,33+/m0/s1. The van der Waals surface area contributed by atoms with Gasteiger partial charge in [0.05, 0.1) is 12.7 Å². The Bertz CT molecular complexity index is 1090. The summed E-state index contributed by atoms with van der Waals surface area (Å²) in [6.07, 6.45) is -0.260. The fraction of sp³-hybridized carbons (Fsp3) is 0.476. The molecule has 0 bridgehead atoms. The van der Waals surface area contributed by atoms with E-state index in [0.717, 1.165) is 11.8 Å². The molecule has 3 rings (SSSR count). The molecule has 13 heteroatoms. The fourth-order valence-corrected chi connectivity index (χ4v) is 6.23. The highest BCUT2D eigenvalue weighted by atomic mass is 32.2. The molecular formula is C21H28FN4O6PS. The summed E-state index contributed by atoms with van der Waals surface area (Å²) in [5, 5.41) is 1.34. The molecule has 0 unspecified atom stereocenters. The first kappa shape index (κ1) is 26.2. The lowest BCUT2D eigenvalue weighted by Gasteiger charge is -2.24. The topological polar surface area (TPSA) is 135 Å². The first-order chi connectivity index (χ1) is 16.1. The molecule has 34 heavy (non-hydrogen) atoms. The van der Waals surface area contributed by atoms with Gasteiger partial charge >= 0.3 is 19.4 Å². The lowest BCUT2D eigenvalue weighted by molar-refractivity contribution is -0.149. The second-order valence-corrected chi connectivity index (χ2v) is 11.1. The number of nitrogens with zero attached hydrogens (tertiary/aromatic N) is 2. The number of hydrogen-bond donors (Lipinski definition) is 2. The van der Waals surface area contributed by atoms with E-state index >= 15 is 0 Å². The molecule has 0 aliphatic carbocycles. The Morgan fingerprint density at radius 2 is 2.03 bits per heavy atom. The molecule has 0 spiro atoms. The van der Waals surface area contributed by atoms with Gasteiger partial charge in [0.15, 0.2) is 0 Å². The summed E-state index contributed by atoms with van der Waals surface area (Å²) >= 11 is 1.16. The van der Waals surface area contributed by atoms with Gasteiger partial charge in [0, 0.05) is 11.4 Å². The number of thioether (sulfide) groups is 1. The number of anilines is 1. The molecular weight excluding hydrogens is 486 g/mol. The molecule has 5 atom stereocenters. The molecule has 0 saturated carbocycles. The van der Waals surface area contributed by atoms with Gasteiger partial charge in [-0.05, 0) is 45.4 Å². The third kappa shape index (κ3) is 7.05. The van der Waals surface area contributed by atoms with Crippen molar-refractivity contribution in [3.63, 3.8) is 0 Å². The summed E-state index contributed by atoms with van der Waals surface area (Å²) in [5.74, 6) is -0.304. The molecule has 1 aliphatic rings. The Hall–Kier alpha value is -2.40. The minimum atomic E-state index is -4.06. The van der Waals surface area contributed by atoms with Crippen LogP contribution in [0, 0.1) is 0 Å². The predicted octanol–water partition coefficient (Wildman–Crippen LogP) is 3.30. The maximum atomic E-state index is 14.7. The Kier molecular flexibility index (Phi) is 8.75. The van der Waals surface area contributed by atoms with Crippen molar-refractivity contribution in [3.8, 4) is 5.75 Å². The smallest absolute Gasteiger partial charge is 0.459 e. The lowest BCUT2D eigenvalue weighted by atomic mass is 10.2. The van der Waals surface area contributed by atoms with Gasteiger partial charge in [-0.1, -0.05) is 18.2 Å². The SMILES string of the molecule is CC(C)OC(=O)[C@H](C)N[P@@](=O)(OC[C@@H]1C[C@H](F)[C@H](n2ccc(N)nc2=O)S1)Oc1ccccc1. The molecule has 1 aliphatic heterocycles. The number of alkyl halides is 1. The Morgan fingerprint density at radius 3 is 2.68 bits per heavy atom. The number of benzene rings is 1. The van der Waals surface area contributed by atoms with E-state index in [2.05, 4.69) is 10.1 Å². The summed E-state index contributed by atoms with van der Waals surface area (Å²) in [7, 11) is -4.06. The molecule has 186 valence electrons. The number of nitrogens with two attached hydrogens (primary N) is 1. The molecule has 1 saturated heterocycles. The highest BCUT2D eigenvalue weighted by Gasteiger charge is 2.40. The van der Waals surface area contributed by atoms with Crippen LogP contribution in [0.3, 0.4) is 0 Å².